The molecule has 0 unspecified atom stereocenters. The zero-order valence-electron chi connectivity index (χ0n) is 8.93. The van der Waals surface area contributed by atoms with Crippen LogP contribution >= 0.6 is 11.8 Å². The zero-order valence-corrected chi connectivity index (χ0v) is 9.75. The average molecular weight is 264 g/mol. The van der Waals surface area contributed by atoms with Crippen LogP contribution in [0.5, 0.6) is 5.75 Å². The van der Waals surface area contributed by atoms with Crippen molar-refractivity contribution in [3.05, 3.63) is 34.2 Å². The Hall–Kier alpha value is -2.28. The van der Waals surface area contributed by atoms with Crippen LogP contribution < -0.4 is 5.32 Å². The molecule has 1 aromatic carbocycles. The van der Waals surface area contributed by atoms with Gasteiger partial charge in [0.2, 0.25) is 0 Å². The standard InChI is InChI=1S/C11H8N2O4S/c12-11-13-9(15)8(18-11)4-5-1-2-7(14)6(3-5)10(16)17/h1-4,14H,(H,16,17)(H2,12,13,15)/b8-4+. The number of carboxylic acid groups (broad SMARTS) is 1. The Bertz CT molecular complexity index is 595. The molecule has 0 bridgehead atoms. The molecule has 7 heteroatoms. The number of hydrogen-bond acceptors (Lipinski definition) is 5. The summed E-state index contributed by atoms with van der Waals surface area (Å²) in [4.78, 5) is 22.5. The highest BCUT2D eigenvalue weighted by molar-refractivity contribution is 8.18. The summed E-state index contributed by atoms with van der Waals surface area (Å²) in [6.45, 7) is 0. The number of nitrogens with one attached hydrogen (secondary N) is 2. The number of carbonyl (C=O) groups is 2. The molecule has 4 N–H and O–H groups in total. The lowest BCUT2D eigenvalue weighted by atomic mass is 10.1. The van der Waals surface area contributed by atoms with Crippen LogP contribution in [0.2, 0.25) is 0 Å². The molecule has 92 valence electrons. The van der Waals surface area contributed by atoms with E-state index >= 15 is 0 Å². The Kier molecular flexibility index (Phi) is 3.07. The van der Waals surface area contributed by atoms with Crippen molar-refractivity contribution in [3.8, 4) is 5.75 Å². The van der Waals surface area contributed by atoms with Crippen molar-refractivity contribution in [3.63, 3.8) is 0 Å². The van der Waals surface area contributed by atoms with Gasteiger partial charge in [-0.2, -0.15) is 0 Å². The first-order valence-electron chi connectivity index (χ1n) is 4.83. The van der Waals surface area contributed by atoms with Crippen LogP contribution in [0.15, 0.2) is 23.1 Å². The maximum Gasteiger partial charge on any atom is 0.339 e. The summed E-state index contributed by atoms with van der Waals surface area (Å²) in [6, 6.07) is 4.00. The number of amidine groups is 1. The van der Waals surface area contributed by atoms with Gasteiger partial charge in [0.15, 0.2) is 5.17 Å². The number of rotatable bonds is 2. The van der Waals surface area contributed by atoms with Crippen molar-refractivity contribution in [2.24, 2.45) is 0 Å². The van der Waals surface area contributed by atoms with E-state index in [1.54, 1.807) is 0 Å². The number of phenols is 1. The molecule has 1 aliphatic rings. The van der Waals surface area contributed by atoms with Crippen LogP contribution in [0.4, 0.5) is 0 Å². The van der Waals surface area contributed by atoms with Crippen molar-refractivity contribution in [1.29, 1.82) is 5.41 Å². The normalized spacial score (nSPS) is 17.0. The van der Waals surface area contributed by atoms with Crippen LogP contribution in [-0.2, 0) is 4.79 Å². The van der Waals surface area contributed by atoms with Gasteiger partial charge in [-0.3, -0.25) is 10.2 Å². The molecule has 1 aliphatic heterocycles. The van der Waals surface area contributed by atoms with Gasteiger partial charge in [-0.1, -0.05) is 6.07 Å². The minimum absolute atomic E-state index is 0.0310. The quantitative estimate of drug-likeness (QED) is 0.600. The number of carbonyl (C=O) groups excluding carboxylic acids is 1. The average Bonchev–Trinajstić information content (AvgIpc) is 2.60. The zero-order chi connectivity index (χ0) is 13.3. The van der Waals surface area contributed by atoms with Crippen molar-refractivity contribution in [2.75, 3.05) is 0 Å². The van der Waals surface area contributed by atoms with Gasteiger partial charge in [0.05, 0.1) is 4.91 Å². The molecule has 1 heterocycles. The van der Waals surface area contributed by atoms with E-state index in [1.807, 2.05) is 0 Å². The van der Waals surface area contributed by atoms with Crippen molar-refractivity contribution in [1.82, 2.24) is 5.32 Å². The molecule has 0 radical (unpaired) electrons. The van der Waals surface area contributed by atoms with Gasteiger partial charge in [-0.05, 0) is 35.5 Å². The molecule has 18 heavy (non-hydrogen) atoms. The van der Waals surface area contributed by atoms with E-state index in [0.29, 0.717) is 10.5 Å². The Morgan fingerprint density at radius 1 is 1.44 bits per heavy atom. The molecule has 0 atom stereocenters. The molecule has 0 saturated carbocycles. The van der Waals surface area contributed by atoms with E-state index in [-0.39, 0.29) is 16.5 Å². The van der Waals surface area contributed by atoms with Crippen LogP contribution in [-0.4, -0.2) is 27.3 Å². The Labute approximate surface area is 106 Å². The monoisotopic (exact) mass is 264 g/mol. The number of thioether (sulfide) groups is 1. The summed E-state index contributed by atoms with van der Waals surface area (Å²) >= 11 is 0.961. The Morgan fingerprint density at radius 2 is 2.17 bits per heavy atom. The van der Waals surface area contributed by atoms with E-state index in [9.17, 15) is 14.7 Å². The number of carboxylic acids is 1. The molecule has 1 saturated heterocycles. The number of benzene rings is 1. The van der Waals surface area contributed by atoms with Crippen LogP contribution in [0.1, 0.15) is 15.9 Å². The minimum atomic E-state index is -1.25. The first kappa shape index (κ1) is 12.2. The van der Waals surface area contributed by atoms with Gasteiger partial charge in [-0.25, -0.2) is 4.79 Å². The highest BCUT2D eigenvalue weighted by atomic mass is 32.2. The predicted molar refractivity (Wildman–Crippen MR) is 66.5 cm³/mol. The lowest BCUT2D eigenvalue weighted by Gasteiger charge is -2.01. The van der Waals surface area contributed by atoms with Crippen molar-refractivity contribution < 1.29 is 19.8 Å². The van der Waals surface area contributed by atoms with Gasteiger partial charge < -0.3 is 15.5 Å². The van der Waals surface area contributed by atoms with Crippen LogP contribution in [0, 0.1) is 5.41 Å². The SMILES string of the molecule is N=C1NC(=O)/C(=C\c2ccc(O)c(C(=O)O)c2)S1. The highest BCUT2D eigenvalue weighted by Gasteiger charge is 2.22. The molecular formula is C11H8N2O4S. The maximum absolute atomic E-state index is 11.4. The first-order chi connectivity index (χ1) is 8.47. The second-order valence-corrected chi connectivity index (χ2v) is 4.53. The van der Waals surface area contributed by atoms with Gasteiger partial charge in [0, 0.05) is 0 Å². The number of aromatic hydroxyl groups is 1. The highest BCUT2D eigenvalue weighted by Crippen LogP contribution is 2.26. The summed E-state index contributed by atoms with van der Waals surface area (Å²) in [6.07, 6.45) is 1.47. The largest absolute Gasteiger partial charge is 0.507 e. The molecular weight excluding hydrogens is 256 g/mol. The third-order valence-electron chi connectivity index (χ3n) is 2.21. The molecule has 0 spiro atoms. The summed E-state index contributed by atoms with van der Waals surface area (Å²) in [5.74, 6) is -1.97. The Balaban J connectivity index is 2.38. The van der Waals surface area contributed by atoms with Crippen molar-refractivity contribution >= 4 is 34.9 Å². The third-order valence-corrected chi connectivity index (χ3v) is 3.04. The fraction of sp³-hybridized carbons (Fsp3) is 0. The lowest BCUT2D eigenvalue weighted by molar-refractivity contribution is -0.115. The first-order valence-corrected chi connectivity index (χ1v) is 5.65. The van der Waals surface area contributed by atoms with Crippen LogP contribution in [0.3, 0.4) is 0 Å². The third kappa shape index (κ3) is 2.35. The molecule has 1 aromatic rings. The fourth-order valence-corrected chi connectivity index (χ4v) is 2.11. The minimum Gasteiger partial charge on any atom is -0.507 e. The smallest absolute Gasteiger partial charge is 0.339 e. The lowest BCUT2D eigenvalue weighted by Crippen LogP contribution is -2.18. The van der Waals surface area contributed by atoms with Gasteiger partial charge in [-0.15, -0.1) is 0 Å². The summed E-state index contributed by atoms with van der Waals surface area (Å²) in [7, 11) is 0. The molecule has 0 aromatic heterocycles. The van der Waals surface area contributed by atoms with Gasteiger partial charge in [0.25, 0.3) is 5.91 Å². The number of amides is 1. The van der Waals surface area contributed by atoms with E-state index in [4.69, 9.17) is 10.5 Å². The molecule has 1 amide bonds. The Morgan fingerprint density at radius 3 is 2.72 bits per heavy atom. The summed E-state index contributed by atoms with van der Waals surface area (Å²) in [5.41, 5.74) is 0.236. The maximum atomic E-state index is 11.4. The molecule has 2 rings (SSSR count). The summed E-state index contributed by atoms with van der Waals surface area (Å²) < 4.78 is 0. The van der Waals surface area contributed by atoms with E-state index in [1.165, 1.54) is 24.3 Å². The molecule has 1 fully saturated rings. The molecule has 0 aliphatic carbocycles. The van der Waals surface area contributed by atoms with Gasteiger partial charge in [0.1, 0.15) is 11.3 Å². The topological polar surface area (TPSA) is 110 Å². The van der Waals surface area contributed by atoms with E-state index < -0.39 is 11.9 Å². The number of hydrogen-bond donors (Lipinski definition) is 4. The van der Waals surface area contributed by atoms with E-state index in [2.05, 4.69) is 5.32 Å². The number of aromatic carboxylic acids is 1. The predicted octanol–water partition coefficient (Wildman–Crippen LogP) is 1.23. The second kappa shape index (κ2) is 4.53. The van der Waals surface area contributed by atoms with Gasteiger partial charge >= 0.3 is 5.97 Å². The van der Waals surface area contributed by atoms with Crippen LogP contribution in [0.25, 0.3) is 6.08 Å². The summed E-state index contributed by atoms with van der Waals surface area (Å²) in [5, 5.41) is 27.8. The van der Waals surface area contributed by atoms with Crippen molar-refractivity contribution in [2.45, 2.75) is 0 Å². The van der Waals surface area contributed by atoms with E-state index in [0.717, 1.165) is 11.8 Å². The molecule has 6 nitrogen and oxygen atoms in total. The second-order valence-electron chi connectivity index (χ2n) is 3.48. The fourth-order valence-electron chi connectivity index (χ4n) is 1.41.